The van der Waals surface area contributed by atoms with Crippen LogP contribution in [0.5, 0.6) is 0 Å². The first-order valence-electron chi connectivity index (χ1n) is 5.52. The topological polar surface area (TPSA) is 46.9 Å². The maximum absolute atomic E-state index is 10.9. The van der Waals surface area contributed by atoms with Gasteiger partial charge in [0.05, 0.1) is 11.4 Å². The molecule has 1 rings (SSSR count). The molecule has 0 bridgehead atoms. The molecule has 0 aromatic carbocycles. The molecule has 0 amide bonds. The van der Waals surface area contributed by atoms with Crippen LogP contribution in [-0.2, 0) is 24.4 Å². The van der Waals surface area contributed by atoms with Crippen LogP contribution in [0, 0.1) is 6.92 Å². The van der Waals surface area contributed by atoms with Gasteiger partial charge in [-0.2, -0.15) is 5.10 Å². The summed E-state index contributed by atoms with van der Waals surface area (Å²) >= 11 is 0. The van der Waals surface area contributed by atoms with Gasteiger partial charge in [-0.1, -0.05) is 0 Å². The third-order valence-electron chi connectivity index (χ3n) is 2.57. The van der Waals surface area contributed by atoms with Crippen molar-refractivity contribution >= 4 is 10.8 Å². The fourth-order valence-electron chi connectivity index (χ4n) is 1.55. The van der Waals surface area contributed by atoms with Crippen LogP contribution in [0.15, 0.2) is 6.07 Å². The first-order valence-corrected chi connectivity index (χ1v) is 7.24. The average molecular weight is 243 g/mol. The number of hydrogen-bond acceptors (Lipinski definition) is 3. The number of hydrogen-bond donors (Lipinski definition) is 1. The molecule has 2 unspecified atom stereocenters. The number of rotatable bonds is 6. The van der Waals surface area contributed by atoms with E-state index in [1.807, 2.05) is 18.7 Å². The van der Waals surface area contributed by atoms with Gasteiger partial charge in [0.15, 0.2) is 0 Å². The molecule has 0 aliphatic rings. The highest BCUT2D eigenvalue weighted by molar-refractivity contribution is 7.84. The minimum absolute atomic E-state index is 0.388. The number of nitrogens with one attached hydrogen (secondary N) is 1. The Balaban J connectivity index is 2.34. The quantitative estimate of drug-likeness (QED) is 0.810. The largest absolute Gasteiger partial charge is 0.309 e. The average Bonchev–Trinajstić information content (AvgIpc) is 2.51. The maximum atomic E-state index is 10.9. The van der Waals surface area contributed by atoms with Crippen molar-refractivity contribution in [2.75, 3.05) is 12.0 Å². The van der Waals surface area contributed by atoms with Gasteiger partial charge >= 0.3 is 0 Å². The predicted octanol–water partition coefficient (Wildman–Crippen LogP) is 0.975. The van der Waals surface area contributed by atoms with Gasteiger partial charge in [-0.15, -0.1) is 0 Å². The lowest BCUT2D eigenvalue weighted by molar-refractivity contribution is 0.517. The van der Waals surface area contributed by atoms with Gasteiger partial charge in [0.25, 0.3) is 0 Å². The van der Waals surface area contributed by atoms with E-state index in [1.165, 1.54) is 5.69 Å². The van der Waals surface area contributed by atoms with Gasteiger partial charge in [0, 0.05) is 42.4 Å². The van der Waals surface area contributed by atoms with E-state index in [0.29, 0.717) is 6.04 Å². The number of aromatic nitrogens is 2. The van der Waals surface area contributed by atoms with E-state index in [0.717, 1.165) is 24.4 Å². The molecule has 1 aromatic heterocycles. The summed E-state index contributed by atoms with van der Waals surface area (Å²) in [5.41, 5.74) is 2.23. The molecule has 0 spiro atoms. The van der Waals surface area contributed by atoms with Crippen LogP contribution >= 0.6 is 0 Å². The van der Waals surface area contributed by atoms with Crippen molar-refractivity contribution < 1.29 is 4.21 Å². The Bertz CT molecular complexity index is 362. The van der Waals surface area contributed by atoms with E-state index in [1.54, 1.807) is 6.26 Å². The highest BCUT2D eigenvalue weighted by Crippen LogP contribution is 2.02. The minimum Gasteiger partial charge on any atom is -0.309 e. The zero-order valence-corrected chi connectivity index (χ0v) is 11.3. The Morgan fingerprint density at radius 3 is 2.81 bits per heavy atom. The first-order chi connectivity index (χ1) is 7.49. The fourth-order valence-corrected chi connectivity index (χ4v) is 2.24. The molecule has 0 aliphatic carbocycles. The number of nitrogens with zero attached hydrogens (tertiary/aromatic N) is 2. The fraction of sp³-hybridized carbons (Fsp3) is 0.727. The van der Waals surface area contributed by atoms with E-state index < -0.39 is 10.8 Å². The molecule has 0 aliphatic heterocycles. The van der Waals surface area contributed by atoms with Crippen molar-refractivity contribution in [1.29, 1.82) is 0 Å². The first kappa shape index (κ1) is 13.4. The van der Waals surface area contributed by atoms with Crippen LogP contribution in [0.1, 0.15) is 24.7 Å². The third kappa shape index (κ3) is 4.45. The van der Waals surface area contributed by atoms with Crippen molar-refractivity contribution in [1.82, 2.24) is 15.1 Å². The van der Waals surface area contributed by atoms with E-state index in [2.05, 4.69) is 23.4 Å². The minimum atomic E-state index is -0.692. The SMILES string of the molecule is Cc1cc(CNC(C)CCS(C)=O)n(C)n1. The lowest BCUT2D eigenvalue weighted by atomic mass is 10.2. The molecule has 16 heavy (non-hydrogen) atoms. The van der Waals surface area contributed by atoms with Gasteiger partial charge in [-0.05, 0) is 26.3 Å². The molecule has 0 saturated carbocycles. The summed E-state index contributed by atoms with van der Waals surface area (Å²) in [6.45, 7) is 4.93. The van der Waals surface area contributed by atoms with Crippen molar-refractivity contribution in [2.45, 2.75) is 32.9 Å². The summed E-state index contributed by atoms with van der Waals surface area (Å²) < 4.78 is 12.8. The smallest absolute Gasteiger partial charge is 0.0597 e. The van der Waals surface area contributed by atoms with Gasteiger partial charge in [-0.25, -0.2) is 0 Å². The Hall–Kier alpha value is -0.680. The molecular formula is C11H21N3OS. The Kier molecular flexibility index (Phi) is 5.15. The summed E-state index contributed by atoms with van der Waals surface area (Å²) in [6.07, 6.45) is 2.69. The van der Waals surface area contributed by atoms with Gasteiger partial charge in [-0.3, -0.25) is 8.89 Å². The van der Waals surface area contributed by atoms with E-state index in [9.17, 15) is 4.21 Å². The summed E-state index contributed by atoms with van der Waals surface area (Å²) in [6, 6.07) is 2.47. The molecule has 1 aromatic rings. The third-order valence-corrected chi connectivity index (χ3v) is 3.38. The second-order valence-corrected chi connectivity index (χ2v) is 5.80. The van der Waals surface area contributed by atoms with Crippen molar-refractivity contribution in [3.8, 4) is 0 Å². The van der Waals surface area contributed by atoms with Crippen LogP contribution in [0.4, 0.5) is 0 Å². The second kappa shape index (κ2) is 6.15. The van der Waals surface area contributed by atoms with Crippen molar-refractivity contribution in [3.05, 3.63) is 17.5 Å². The van der Waals surface area contributed by atoms with Crippen molar-refractivity contribution in [2.24, 2.45) is 7.05 Å². The monoisotopic (exact) mass is 243 g/mol. The predicted molar refractivity (Wildman–Crippen MR) is 67.8 cm³/mol. The van der Waals surface area contributed by atoms with Crippen LogP contribution in [0.25, 0.3) is 0 Å². The molecule has 1 N–H and O–H groups in total. The van der Waals surface area contributed by atoms with E-state index in [4.69, 9.17) is 0 Å². The van der Waals surface area contributed by atoms with E-state index >= 15 is 0 Å². The van der Waals surface area contributed by atoms with Gasteiger partial charge in [0.2, 0.25) is 0 Å². The van der Waals surface area contributed by atoms with Gasteiger partial charge in [0.1, 0.15) is 0 Å². The van der Waals surface area contributed by atoms with Crippen molar-refractivity contribution in [3.63, 3.8) is 0 Å². The highest BCUT2D eigenvalue weighted by Gasteiger charge is 2.05. The molecule has 4 nitrogen and oxygen atoms in total. The maximum Gasteiger partial charge on any atom is 0.0597 e. The van der Waals surface area contributed by atoms with Crippen LogP contribution in [0.2, 0.25) is 0 Å². The zero-order valence-electron chi connectivity index (χ0n) is 10.5. The summed E-state index contributed by atoms with van der Waals surface area (Å²) in [4.78, 5) is 0. The normalized spacial score (nSPS) is 15.0. The lowest BCUT2D eigenvalue weighted by Crippen LogP contribution is -2.27. The molecule has 0 saturated heterocycles. The van der Waals surface area contributed by atoms with E-state index in [-0.39, 0.29) is 0 Å². The van der Waals surface area contributed by atoms with Crippen LogP contribution in [0.3, 0.4) is 0 Å². The highest BCUT2D eigenvalue weighted by atomic mass is 32.2. The Morgan fingerprint density at radius 2 is 2.31 bits per heavy atom. The van der Waals surface area contributed by atoms with Crippen LogP contribution in [-0.4, -0.2) is 32.0 Å². The lowest BCUT2D eigenvalue weighted by Gasteiger charge is -2.12. The summed E-state index contributed by atoms with van der Waals surface area (Å²) in [5, 5.41) is 7.70. The molecule has 2 atom stereocenters. The summed E-state index contributed by atoms with van der Waals surface area (Å²) in [5.74, 6) is 0.762. The van der Waals surface area contributed by atoms with Crippen LogP contribution < -0.4 is 5.32 Å². The zero-order chi connectivity index (χ0) is 12.1. The number of aryl methyl sites for hydroxylation is 2. The van der Waals surface area contributed by atoms with Gasteiger partial charge < -0.3 is 5.32 Å². The molecular weight excluding hydrogens is 222 g/mol. The molecule has 92 valence electrons. The molecule has 1 heterocycles. The molecule has 0 radical (unpaired) electrons. The summed E-state index contributed by atoms with van der Waals surface area (Å²) in [7, 11) is 1.26. The molecule has 5 heteroatoms. The Morgan fingerprint density at radius 1 is 1.62 bits per heavy atom. The second-order valence-electron chi connectivity index (χ2n) is 4.25. The molecule has 0 fully saturated rings. The standard InChI is InChI=1S/C11H21N3OS/c1-9(5-6-16(4)15)12-8-11-7-10(2)13-14(11)3/h7,9,12H,5-6,8H2,1-4H3. The Labute approximate surface area is 99.9 Å².